The Morgan fingerprint density at radius 1 is 1.05 bits per heavy atom. The molecule has 0 atom stereocenters. The van der Waals surface area contributed by atoms with Crippen LogP contribution in [0.25, 0.3) is 0 Å². The van der Waals surface area contributed by atoms with E-state index in [1.165, 1.54) is 24.3 Å². The summed E-state index contributed by atoms with van der Waals surface area (Å²) in [7, 11) is 0. The van der Waals surface area contributed by atoms with Crippen LogP contribution in [-0.4, -0.2) is 11.1 Å². The van der Waals surface area contributed by atoms with Gasteiger partial charge in [0.05, 0.1) is 10.0 Å². The summed E-state index contributed by atoms with van der Waals surface area (Å²) in [4.78, 5) is 11.9. The Kier molecular flexibility index (Phi) is 4.20. The second-order valence-corrected chi connectivity index (χ2v) is 4.86. The number of hydrogen-bond donors (Lipinski definition) is 1. The van der Waals surface area contributed by atoms with Gasteiger partial charge in [-0.2, -0.15) is 0 Å². The van der Waals surface area contributed by atoms with Crippen molar-refractivity contribution < 1.29 is 14.6 Å². The third kappa shape index (κ3) is 3.13. The van der Waals surface area contributed by atoms with Crippen LogP contribution in [0.15, 0.2) is 36.4 Å². The van der Waals surface area contributed by atoms with E-state index in [0.29, 0.717) is 5.02 Å². The van der Waals surface area contributed by atoms with Gasteiger partial charge in [-0.05, 0) is 24.3 Å². The second-order valence-electron chi connectivity index (χ2n) is 3.61. The van der Waals surface area contributed by atoms with E-state index in [1.807, 2.05) is 0 Å². The monoisotopic (exact) mass is 316 g/mol. The summed E-state index contributed by atoms with van der Waals surface area (Å²) in [5.41, 5.74) is 0.0181. The van der Waals surface area contributed by atoms with Crippen LogP contribution in [-0.2, 0) is 0 Å². The van der Waals surface area contributed by atoms with Crippen LogP contribution in [0.5, 0.6) is 11.5 Å². The summed E-state index contributed by atoms with van der Waals surface area (Å²) >= 11 is 17.5. The molecule has 98 valence electrons. The highest BCUT2D eigenvalue weighted by Crippen LogP contribution is 2.36. The van der Waals surface area contributed by atoms with E-state index in [4.69, 9.17) is 39.5 Å². The number of halogens is 3. The number of aromatic hydroxyl groups is 1. The molecular weight excluding hydrogens is 310 g/mol. The van der Waals surface area contributed by atoms with Crippen LogP contribution in [0.4, 0.5) is 0 Å². The highest BCUT2D eigenvalue weighted by Gasteiger charge is 2.17. The molecular formula is C13H7Cl3O3. The predicted octanol–water partition coefficient (Wildman–Crippen LogP) is 4.57. The Hall–Kier alpha value is -1.42. The molecule has 0 saturated carbocycles. The van der Waals surface area contributed by atoms with Gasteiger partial charge in [0.1, 0.15) is 11.3 Å². The van der Waals surface area contributed by atoms with E-state index in [2.05, 4.69) is 0 Å². The molecule has 0 aromatic heterocycles. The minimum Gasteiger partial charge on any atom is -0.507 e. The average molecular weight is 318 g/mol. The second kappa shape index (κ2) is 5.70. The van der Waals surface area contributed by atoms with Gasteiger partial charge in [-0.25, -0.2) is 4.79 Å². The van der Waals surface area contributed by atoms with E-state index >= 15 is 0 Å². The first kappa shape index (κ1) is 14.0. The van der Waals surface area contributed by atoms with Crippen molar-refractivity contribution in [3.05, 3.63) is 57.0 Å². The van der Waals surface area contributed by atoms with Crippen molar-refractivity contribution in [2.75, 3.05) is 0 Å². The van der Waals surface area contributed by atoms with E-state index in [0.717, 1.165) is 0 Å². The molecule has 0 aliphatic carbocycles. The van der Waals surface area contributed by atoms with Gasteiger partial charge >= 0.3 is 5.97 Å². The third-order valence-electron chi connectivity index (χ3n) is 2.28. The Bertz CT molecular complexity index is 618. The number of para-hydroxylation sites is 1. The lowest BCUT2D eigenvalue weighted by Crippen LogP contribution is -2.09. The first-order valence-electron chi connectivity index (χ1n) is 5.13. The number of carbonyl (C=O) groups is 1. The van der Waals surface area contributed by atoms with Crippen LogP contribution >= 0.6 is 34.8 Å². The SMILES string of the molecule is O=C(Oc1c(Cl)cc(Cl)cc1Cl)c1ccccc1O. The molecule has 0 amide bonds. The zero-order valence-corrected chi connectivity index (χ0v) is 11.6. The van der Waals surface area contributed by atoms with Crippen molar-refractivity contribution in [1.29, 1.82) is 0 Å². The molecule has 19 heavy (non-hydrogen) atoms. The van der Waals surface area contributed by atoms with Crippen molar-refractivity contribution in [1.82, 2.24) is 0 Å². The third-order valence-corrected chi connectivity index (χ3v) is 3.06. The number of benzene rings is 2. The molecule has 0 heterocycles. The fourth-order valence-corrected chi connectivity index (χ4v) is 2.31. The van der Waals surface area contributed by atoms with Gasteiger partial charge in [-0.1, -0.05) is 46.9 Å². The fraction of sp³-hybridized carbons (Fsp3) is 0. The lowest BCUT2D eigenvalue weighted by atomic mass is 10.2. The number of carbonyl (C=O) groups excluding carboxylic acids is 1. The van der Waals surface area contributed by atoms with Gasteiger partial charge in [0.25, 0.3) is 0 Å². The molecule has 0 unspecified atom stereocenters. The molecule has 0 aliphatic heterocycles. The quantitative estimate of drug-likeness (QED) is 0.652. The molecule has 2 rings (SSSR count). The molecule has 0 radical (unpaired) electrons. The Morgan fingerprint density at radius 3 is 2.21 bits per heavy atom. The molecule has 3 nitrogen and oxygen atoms in total. The zero-order chi connectivity index (χ0) is 14.0. The number of esters is 1. The number of phenolic OH excluding ortho intramolecular Hbond substituents is 1. The maximum Gasteiger partial charge on any atom is 0.347 e. The molecule has 0 fully saturated rings. The summed E-state index contributed by atoms with van der Waals surface area (Å²) in [6, 6.07) is 8.80. The average Bonchev–Trinajstić information content (AvgIpc) is 2.34. The van der Waals surface area contributed by atoms with Gasteiger partial charge in [0.2, 0.25) is 0 Å². The van der Waals surface area contributed by atoms with Gasteiger partial charge in [-0.3, -0.25) is 0 Å². The van der Waals surface area contributed by atoms with Gasteiger partial charge < -0.3 is 9.84 Å². The first-order valence-corrected chi connectivity index (χ1v) is 6.27. The summed E-state index contributed by atoms with van der Waals surface area (Å²) in [5.74, 6) is -0.945. The van der Waals surface area contributed by atoms with Crippen molar-refractivity contribution in [3.8, 4) is 11.5 Å². The minimum atomic E-state index is -0.760. The maximum atomic E-state index is 11.9. The lowest BCUT2D eigenvalue weighted by Gasteiger charge is -2.09. The van der Waals surface area contributed by atoms with Crippen LogP contribution in [0.1, 0.15) is 10.4 Å². The van der Waals surface area contributed by atoms with Crippen LogP contribution in [0, 0.1) is 0 Å². The molecule has 2 aromatic carbocycles. The van der Waals surface area contributed by atoms with Gasteiger partial charge in [0.15, 0.2) is 5.75 Å². The predicted molar refractivity (Wildman–Crippen MR) is 74.5 cm³/mol. The topological polar surface area (TPSA) is 46.5 Å². The largest absolute Gasteiger partial charge is 0.507 e. The van der Waals surface area contributed by atoms with Gasteiger partial charge in [-0.15, -0.1) is 0 Å². The van der Waals surface area contributed by atoms with E-state index in [1.54, 1.807) is 12.1 Å². The number of phenols is 1. The molecule has 2 aromatic rings. The van der Waals surface area contributed by atoms with Crippen molar-refractivity contribution in [2.24, 2.45) is 0 Å². The summed E-state index contributed by atoms with van der Waals surface area (Å²) in [6.07, 6.45) is 0. The number of ether oxygens (including phenoxy) is 1. The highest BCUT2D eigenvalue weighted by molar-refractivity contribution is 6.40. The highest BCUT2D eigenvalue weighted by atomic mass is 35.5. The number of hydrogen-bond acceptors (Lipinski definition) is 3. The minimum absolute atomic E-state index is 0.000913. The smallest absolute Gasteiger partial charge is 0.347 e. The van der Waals surface area contributed by atoms with Crippen LogP contribution in [0.2, 0.25) is 15.1 Å². The standard InChI is InChI=1S/C13H7Cl3O3/c14-7-5-9(15)12(10(16)6-7)19-13(18)8-3-1-2-4-11(8)17/h1-6,17H. The van der Waals surface area contributed by atoms with Gasteiger partial charge in [0, 0.05) is 5.02 Å². The molecule has 6 heteroatoms. The Balaban J connectivity index is 2.32. The lowest BCUT2D eigenvalue weighted by molar-refractivity contribution is 0.0732. The molecule has 0 saturated heterocycles. The normalized spacial score (nSPS) is 10.3. The van der Waals surface area contributed by atoms with Crippen molar-refractivity contribution in [3.63, 3.8) is 0 Å². The van der Waals surface area contributed by atoms with E-state index in [-0.39, 0.29) is 27.1 Å². The van der Waals surface area contributed by atoms with E-state index < -0.39 is 5.97 Å². The molecule has 0 aliphatic rings. The van der Waals surface area contributed by atoms with Crippen molar-refractivity contribution >= 4 is 40.8 Å². The number of rotatable bonds is 2. The molecule has 1 N–H and O–H groups in total. The molecule has 0 bridgehead atoms. The van der Waals surface area contributed by atoms with E-state index in [9.17, 15) is 9.90 Å². The fourth-order valence-electron chi connectivity index (χ4n) is 1.42. The Morgan fingerprint density at radius 2 is 1.63 bits per heavy atom. The summed E-state index contributed by atoms with van der Waals surface area (Å²) < 4.78 is 5.08. The Labute approximate surface area is 124 Å². The zero-order valence-electron chi connectivity index (χ0n) is 9.36. The first-order chi connectivity index (χ1) is 8.99. The molecule has 0 spiro atoms. The van der Waals surface area contributed by atoms with Crippen LogP contribution in [0.3, 0.4) is 0 Å². The summed E-state index contributed by atoms with van der Waals surface area (Å²) in [6.45, 7) is 0. The summed E-state index contributed by atoms with van der Waals surface area (Å²) in [5, 5.41) is 10.1. The maximum absolute atomic E-state index is 11.9. The van der Waals surface area contributed by atoms with Crippen molar-refractivity contribution in [2.45, 2.75) is 0 Å². The van der Waals surface area contributed by atoms with Crippen LogP contribution < -0.4 is 4.74 Å².